The number of methoxy groups -OCH3 is 1. The zero-order valence-corrected chi connectivity index (χ0v) is 19.6. The van der Waals surface area contributed by atoms with Gasteiger partial charge in [0, 0.05) is 28.7 Å². The summed E-state index contributed by atoms with van der Waals surface area (Å²) in [6, 6.07) is 21.4. The van der Waals surface area contributed by atoms with E-state index < -0.39 is 11.5 Å². The Balaban J connectivity index is 1.65. The lowest BCUT2D eigenvalue weighted by atomic mass is 10.1. The number of hydrogen-bond acceptors (Lipinski definition) is 5. The summed E-state index contributed by atoms with van der Waals surface area (Å²) in [4.78, 5) is 30.5. The number of halogens is 1. The van der Waals surface area contributed by atoms with Gasteiger partial charge in [0.15, 0.2) is 0 Å². The number of benzene rings is 2. The number of fused-ring (bicyclic) bond motifs is 1. The van der Waals surface area contributed by atoms with Crippen molar-refractivity contribution in [2.75, 3.05) is 13.7 Å². The summed E-state index contributed by atoms with van der Waals surface area (Å²) in [6.07, 6.45) is 3.49. The average molecular weight is 485 g/mol. The number of rotatable bonds is 7. The number of carbonyl (C=O) groups is 1. The first-order valence-corrected chi connectivity index (χ1v) is 11.2. The van der Waals surface area contributed by atoms with E-state index >= 15 is 0 Å². The molecule has 1 amide bonds. The monoisotopic (exact) mass is 484 g/mol. The first-order chi connectivity index (χ1) is 17.0. The number of hydrogen-bond donors (Lipinski definition) is 1. The first-order valence-electron chi connectivity index (χ1n) is 10.8. The van der Waals surface area contributed by atoms with Crippen LogP contribution in [0, 0.1) is 11.3 Å². The van der Waals surface area contributed by atoms with Crippen LogP contribution in [0.2, 0.25) is 5.02 Å². The fourth-order valence-corrected chi connectivity index (χ4v) is 3.73. The molecule has 2 heterocycles. The molecule has 0 unspecified atom stereocenters. The minimum absolute atomic E-state index is 0.164. The highest BCUT2D eigenvalue weighted by Gasteiger charge is 2.14. The van der Waals surface area contributed by atoms with E-state index in [0.29, 0.717) is 40.5 Å². The third kappa shape index (κ3) is 5.40. The van der Waals surface area contributed by atoms with Crippen LogP contribution in [0.4, 0.5) is 0 Å². The van der Waals surface area contributed by atoms with Gasteiger partial charge in [-0.1, -0.05) is 23.7 Å². The zero-order chi connectivity index (χ0) is 24.8. The summed E-state index contributed by atoms with van der Waals surface area (Å²) in [5, 5.41) is 13.7. The minimum Gasteiger partial charge on any atom is -0.497 e. The van der Waals surface area contributed by atoms with Gasteiger partial charge < -0.3 is 10.1 Å². The van der Waals surface area contributed by atoms with E-state index in [0.717, 1.165) is 5.56 Å². The predicted molar refractivity (Wildman–Crippen MR) is 136 cm³/mol. The van der Waals surface area contributed by atoms with Crippen molar-refractivity contribution in [1.29, 1.82) is 5.26 Å². The molecule has 2 aromatic carbocycles. The van der Waals surface area contributed by atoms with Crippen LogP contribution in [0.25, 0.3) is 22.8 Å². The topological polar surface area (TPSA) is 97.0 Å². The molecule has 0 saturated carbocycles. The fourth-order valence-electron chi connectivity index (χ4n) is 3.61. The molecule has 0 bridgehead atoms. The molecule has 0 spiro atoms. The number of nitrogens with one attached hydrogen (secondary N) is 1. The van der Waals surface area contributed by atoms with Crippen molar-refractivity contribution in [1.82, 2.24) is 14.9 Å². The standard InChI is InChI=1S/C27H21ClN4O3/c1-35-24-10-8-23(9-11-24)32-25-19(3-2-13-30-25)15-20(27(32)34)16-21(17-29)26(33)31-14-12-18-4-6-22(28)7-5-18/h2-11,13,15-16H,12,14H2,1H3,(H,31,33)/b21-16+. The van der Waals surface area contributed by atoms with Gasteiger partial charge in [-0.3, -0.25) is 14.2 Å². The molecule has 7 nitrogen and oxygen atoms in total. The smallest absolute Gasteiger partial charge is 0.264 e. The highest BCUT2D eigenvalue weighted by Crippen LogP contribution is 2.19. The third-order valence-corrected chi connectivity index (χ3v) is 5.65. The molecule has 0 aliphatic heterocycles. The molecular weight excluding hydrogens is 464 g/mol. The summed E-state index contributed by atoms with van der Waals surface area (Å²) >= 11 is 5.90. The van der Waals surface area contributed by atoms with Gasteiger partial charge in [-0.25, -0.2) is 4.98 Å². The molecule has 1 N–H and O–H groups in total. The number of pyridine rings is 2. The molecule has 8 heteroatoms. The Morgan fingerprint density at radius 1 is 1.17 bits per heavy atom. The van der Waals surface area contributed by atoms with Gasteiger partial charge in [0.1, 0.15) is 23.0 Å². The molecule has 0 aliphatic carbocycles. The summed E-state index contributed by atoms with van der Waals surface area (Å²) in [7, 11) is 1.56. The number of carbonyl (C=O) groups excluding carboxylic acids is 1. The maximum absolute atomic E-state index is 13.4. The normalized spacial score (nSPS) is 11.2. The SMILES string of the molecule is COc1ccc(-n2c(=O)c(/C=C(\C#N)C(=O)NCCc3ccc(Cl)cc3)cc3cccnc32)cc1. The van der Waals surface area contributed by atoms with Crippen molar-refractivity contribution in [3.05, 3.63) is 105 Å². The largest absolute Gasteiger partial charge is 0.497 e. The van der Waals surface area contributed by atoms with Crippen LogP contribution < -0.4 is 15.6 Å². The Morgan fingerprint density at radius 2 is 1.91 bits per heavy atom. The van der Waals surface area contributed by atoms with Crippen LogP contribution in [0.1, 0.15) is 11.1 Å². The van der Waals surface area contributed by atoms with Crippen LogP contribution in [-0.2, 0) is 11.2 Å². The number of amides is 1. The lowest BCUT2D eigenvalue weighted by Gasteiger charge is -2.12. The average Bonchev–Trinajstić information content (AvgIpc) is 2.88. The zero-order valence-electron chi connectivity index (χ0n) is 18.9. The van der Waals surface area contributed by atoms with Gasteiger partial charge in [-0.05, 0) is 72.7 Å². The van der Waals surface area contributed by atoms with Crippen LogP contribution in [0.5, 0.6) is 5.75 Å². The second kappa shape index (κ2) is 10.7. The van der Waals surface area contributed by atoms with Crippen LogP contribution in [-0.4, -0.2) is 29.1 Å². The molecule has 2 aromatic heterocycles. The molecule has 0 atom stereocenters. The quantitative estimate of drug-likeness (QED) is 0.311. The highest BCUT2D eigenvalue weighted by molar-refractivity contribution is 6.30. The Hall–Kier alpha value is -4.41. The number of ether oxygens (including phenoxy) is 1. The molecule has 4 aromatic rings. The maximum atomic E-state index is 13.4. The second-order valence-corrected chi connectivity index (χ2v) is 8.09. The molecule has 0 radical (unpaired) electrons. The van der Waals surface area contributed by atoms with Crippen molar-refractivity contribution in [2.24, 2.45) is 0 Å². The van der Waals surface area contributed by atoms with Gasteiger partial charge in [0.2, 0.25) is 0 Å². The van der Waals surface area contributed by atoms with E-state index in [1.54, 1.807) is 61.8 Å². The second-order valence-electron chi connectivity index (χ2n) is 7.66. The summed E-state index contributed by atoms with van der Waals surface area (Å²) in [5.41, 5.74) is 1.68. The van der Waals surface area contributed by atoms with Crippen LogP contribution >= 0.6 is 11.6 Å². The van der Waals surface area contributed by atoms with E-state index in [9.17, 15) is 14.9 Å². The maximum Gasteiger partial charge on any atom is 0.264 e. The number of aromatic nitrogens is 2. The number of nitrogens with zero attached hydrogens (tertiary/aromatic N) is 3. The Kier molecular flexibility index (Phi) is 7.24. The van der Waals surface area contributed by atoms with E-state index in [1.165, 1.54) is 10.6 Å². The first kappa shape index (κ1) is 23.7. The van der Waals surface area contributed by atoms with E-state index in [-0.39, 0.29) is 11.1 Å². The van der Waals surface area contributed by atoms with E-state index in [4.69, 9.17) is 16.3 Å². The lowest BCUT2D eigenvalue weighted by molar-refractivity contribution is -0.117. The third-order valence-electron chi connectivity index (χ3n) is 5.40. The van der Waals surface area contributed by atoms with Crippen molar-refractivity contribution in [3.8, 4) is 17.5 Å². The van der Waals surface area contributed by atoms with Crippen LogP contribution in [0.3, 0.4) is 0 Å². The Morgan fingerprint density at radius 3 is 2.60 bits per heavy atom. The van der Waals surface area contributed by atoms with Crippen molar-refractivity contribution < 1.29 is 9.53 Å². The van der Waals surface area contributed by atoms with Crippen molar-refractivity contribution in [3.63, 3.8) is 0 Å². The minimum atomic E-state index is -0.553. The van der Waals surface area contributed by atoms with Gasteiger partial charge in [0.05, 0.1) is 12.8 Å². The summed E-state index contributed by atoms with van der Waals surface area (Å²) < 4.78 is 6.66. The van der Waals surface area contributed by atoms with Gasteiger partial charge in [-0.2, -0.15) is 5.26 Å². The lowest BCUT2D eigenvalue weighted by Crippen LogP contribution is -2.27. The van der Waals surface area contributed by atoms with Crippen LogP contribution in [0.15, 0.2) is 83.3 Å². The molecule has 35 heavy (non-hydrogen) atoms. The Labute approximate surface area is 206 Å². The molecular formula is C27H21ClN4O3. The molecule has 0 aliphatic rings. The Bertz CT molecular complexity index is 1500. The predicted octanol–water partition coefficient (Wildman–Crippen LogP) is 4.31. The molecule has 0 saturated heterocycles. The molecule has 4 rings (SSSR count). The van der Waals surface area contributed by atoms with E-state index in [1.807, 2.05) is 24.3 Å². The van der Waals surface area contributed by atoms with Crippen molar-refractivity contribution in [2.45, 2.75) is 6.42 Å². The fraction of sp³-hybridized carbons (Fsp3) is 0.111. The molecule has 0 fully saturated rings. The summed E-state index contributed by atoms with van der Waals surface area (Å²) in [6.45, 7) is 0.331. The van der Waals surface area contributed by atoms with Gasteiger partial charge >= 0.3 is 0 Å². The number of nitriles is 1. The van der Waals surface area contributed by atoms with E-state index in [2.05, 4.69) is 10.3 Å². The summed E-state index contributed by atoms with van der Waals surface area (Å²) in [5.74, 6) is 0.0975. The highest BCUT2D eigenvalue weighted by atomic mass is 35.5. The molecule has 174 valence electrons. The van der Waals surface area contributed by atoms with Crippen molar-refractivity contribution >= 4 is 34.6 Å². The van der Waals surface area contributed by atoms with Gasteiger partial charge in [0.25, 0.3) is 11.5 Å². The van der Waals surface area contributed by atoms with Gasteiger partial charge in [-0.15, -0.1) is 0 Å².